The fourth-order valence-corrected chi connectivity index (χ4v) is 1.63. The van der Waals surface area contributed by atoms with Crippen LogP contribution < -0.4 is 5.69 Å². The van der Waals surface area contributed by atoms with Gasteiger partial charge in [-0.25, -0.2) is 9.78 Å². The first-order valence-electron chi connectivity index (χ1n) is 4.82. The number of nitrogens with one attached hydrogen (secondary N) is 1. The number of hydrogen-bond acceptors (Lipinski definition) is 3. The minimum Gasteiger partial charge on any atom is -0.278 e. The van der Waals surface area contributed by atoms with Crippen molar-refractivity contribution in [3.63, 3.8) is 0 Å². The third kappa shape index (κ3) is 1.30. The minimum absolute atomic E-state index is 0.287. The fraction of sp³-hybridized carbons (Fsp3) is 0. The number of aromatic amines is 1. The largest absolute Gasteiger partial charge is 0.352 e. The van der Waals surface area contributed by atoms with Crippen LogP contribution in [0.3, 0.4) is 0 Å². The molecule has 78 valence electrons. The number of rotatable bonds is 1. The molecule has 5 nitrogen and oxygen atoms in total. The molecule has 2 heterocycles. The molecule has 16 heavy (non-hydrogen) atoms. The lowest BCUT2D eigenvalue weighted by Gasteiger charge is -2.03. The van der Waals surface area contributed by atoms with Gasteiger partial charge in [-0.1, -0.05) is 0 Å². The van der Waals surface area contributed by atoms with Crippen molar-refractivity contribution in [2.24, 2.45) is 0 Å². The molecule has 0 saturated carbocycles. The third-order valence-corrected chi connectivity index (χ3v) is 2.41. The Morgan fingerprint density at radius 3 is 3.12 bits per heavy atom. The van der Waals surface area contributed by atoms with Crippen molar-refractivity contribution >= 4 is 10.9 Å². The molecule has 0 radical (unpaired) electrons. The number of benzene rings is 1. The van der Waals surface area contributed by atoms with E-state index in [2.05, 4.69) is 15.2 Å². The summed E-state index contributed by atoms with van der Waals surface area (Å²) < 4.78 is 1.49. The number of H-pyrrole nitrogens is 1. The lowest BCUT2D eigenvalue weighted by Crippen LogP contribution is -2.19. The van der Waals surface area contributed by atoms with Crippen molar-refractivity contribution in [3.05, 3.63) is 53.3 Å². The molecule has 0 aliphatic heterocycles. The van der Waals surface area contributed by atoms with Crippen LogP contribution in [0.2, 0.25) is 0 Å². The Morgan fingerprint density at radius 2 is 2.25 bits per heavy atom. The van der Waals surface area contributed by atoms with Gasteiger partial charge in [-0.3, -0.25) is 9.67 Å². The van der Waals surface area contributed by atoms with Gasteiger partial charge in [0, 0.05) is 17.8 Å². The Bertz CT molecular complexity index is 698. The van der Waals surface area contributed by atoms with Crippen LogP contribution in [-0.4, -0.2) is 19.7 Å². The highest BCUT2D eigenvalue weighted by Gasteiger charge is 2.01. The highest BCUT2D eigenvalue weighted by atomic mass is 16.1. The Morgan fingerprint density at radius 1 is 1.31 bits per heavy atom. The van der Waals surface area contributed by atoms with Gasteiger partial charge in [0.15, 0.2) is 0 Å². The van der Waals surface area contributed by atoms with E-state index >= 15 is 0 Å². The maximum absolute atomic E-state index is 11.5. The highest BCUT2D eigenvalue weighted by Crippen LogP contribution is 2.14. The predicted octanol–water partition coefficient (Wildman–Crippen LogP) is 1.11. The van der Waals surface area contributed by atoms with E-state index < -0.39 is 0 Å². The molecule has 3 aromatic rings. The highest BCUT2D eigenvalue weighted by molar-refractivity contribution is 5.80. The molecule has 1 N–H and O–H groups in total. The first kappa shape index (κ1) is 8.84. The van der Waals surface area contributed by atoms with Crippen molar-refractivity contribution in [2.75, 3.05) is 0 Å². The zero-order valence-electron chi connectivity index (χ0n) is 8.29. The van der Waals surface area contributed by atoms with Crippen LogP contribution in [0.15, 0.2) is 47.7 Å². The zero-order chi connectivity index (χ0) is 11.0. The second-order valence-corrected chi connectivity index (χ2v) is 3.41. The van der Waals surface area contributed by atoms with E-state index in [-0.39, 0.29) is 5.69 Å². The van der Waals surface area contributed by atoms with Gasteiger partial charge in [0.2, 0.25) is 0 Å². The number of aromatic nitrogens is 4. The van der Waals surface area contributed by atoms with Gasteiger partial charge in [0.1, 0.15) is 0 Å². The van der Waals surface area contributed by atoms with Crippen LogP contribution in [-0.2, 0) is 0 Å². The van der Waals surface area contributed by atoms with Gasteiger partial charge in [0.05, 0.1) is 17.4 Å². The van der Waals surface area contributed by atoms with Gasteiger partial charge in [-0.15, -0.1) is 0 Å². The Kier molecular flexibility index (Phi) is 1.83. The molecule has 0 saturated heterocycles. The third-order valence-electron chi connectivity index (χ3n) is 2.41. The molecule has 0 unspecified atom stereocenters. The molecule has 2 aromatic heterocycles. The van der Waals surface area contributed by atoms with Gasteiger partial charge in [-0.05, 0) is 24.3 Å². The maximum Gasteiger partial charge on any atom is 0.352 e. The van der Waals surface area contributed by atoms with E-state index in [4.69, 9.17) is 0 Å². The van der Waals surface area contributed by atoms with E-state index in [9.17, 15) is 4.79 Å². The zero-order valence-corrected chi connectivity index (χ0v) is 8.29. The van der Waals surface area contributed by atoms with E-state index in [0.717, 1.165) is 16.6 Å². The molecule has 0 fully saturated rings. The van der Waals surface area contributed by atoms with Gasteiger partial charge in [0.25, 0.3) is 0 Å². The van der Waals surface area contributed by atoms with Gasteiger partial charge in [-0.2, -0.15) is 5.10 Å². The first-order valence-corrected chi connectivity index (χ1v) is 4.82. The van der Waals surface area contributed by atoms with Crippen LogP contribution in [0.4, 0.5) is 0 Å². The van der Waals surface area contributed by atoms with Crippen LogP contribution in [0.25, 0.3) is 16.6 Å². The van der Waals surface area contributed by atoms with E-state index in [0.29, 0.717) is 0 Å². The van der Waals surface area contributed by atoms with Crippen LogP contribution in [0, 0.1) is 0 Å². The fourth-order valence-electron chi connectivity index (χ4n) is 1.63. The number of nitrogens with zero attached hydrogens (tertiary/aromatic N) is 3. The van der Waals surface area contributed by atoms with Crippen molar-refractivity contribution in [1.82, 2.24) is 19.7 Å². The molecule has 3 rings (SSSR count). The summed E-state index contributed by atoms with van der Waals surface area (Å²) in [5.41, 5.74) is 1.44. The lowest BCUT2D eigenvalue weighted by molar-refractivity contribution is 0.915. The van der Waals surface area contributed by atoms with Crippen LogP contribution >= 0.6 is 0 Å². The summed E-state index contributed by atoms with van der Waals surface area (Å²) in [6, 6.07) is 7.35. The second kappa shape index (κ2) is 3.30. The molecule has 0 amide bonds. The van der Waals surface area contributed by atoms with Crippen LogP contribution in [0.1, 0.15) is 0 Å². The average Bonchev–Trinajstić information content (AvgIpc) is 2.76. The summed E-state index contributed by atoms with van der Waals surface area (Å²) in [5.74, 6) is 0. The number of fused-ring (bicyclic) bond motifs is 1. The SMILES string of the molecule is O=c1ncccn1-c1ccc2[nH]ncc2c1. The lowest BCUT2D eigenvalue weighted by atomic mass is 10.2. The summed E-state index contributed by atoms with van der Waals surface area (Å²) in [5, 5.41) is 7.76. The number of hydrogen-bond donors (Lipinski definition) is 1. The van der Waals surface area contributed by atoms with E-state index in [1.54, 1.807) is 18.5 Å². The monoisotopic (exact) mass is 212 g/mol. The van der Waals surface area contributed by atoms with Crippen molar-refractivity contribution in [2.45, 2.75) is 0 Å². The summed E-state index contributed by atoms with van der Waals surface area (Å²) >= 11 is 0. The Hall–Kier alpha value is -2.43. The molecule has 0 spiro atoms. The molecule has 5 heteroatoms. The quantitative estimate of drug-likeness (QED) is 0.657. The Balaban J connectivity index is 2.26. The summed E-state index contributed by atoms with van der Waals surface area (Å²) in [4.78, 5) is 15.2. The minimum atomic E-state index is -0.287. The molecular weight excluding hydrogens is 204 g/mol. The topological polar surface area (TPSA) is 63.6 Å². The second-order valence-electron chi connectivity index (χ2n) is 3.41. The Labute approximate surface area is 90.4 Å². The molecule has 0 aliphatic rings. The van der Waals surface area contributed by atoms with Crippen molar-refractivity contribution < 1.29 is 0 Å². The van der Waals surface area contributed by atoms with Crippen molar-refractivity contribution in [3.8, 4) is 5.69 Å². The van der Waals surface area contributed by atoms with Gasteiger partial charge < -0.3 is 0 Å². The maximum atomic E-state index is 11.5. The van der Waals surface area contributed by atoms with E-state index in [1.165, 1.54) is 10.8 Å². The van der Waals surface area contributed by atoms with Gasteiger partial charge >= 0.3 is 5.69 Å². The molecule has 0 bridgehead atoms. The van der Waals surface area contributed by atoms with E-state index in [1.807, 2.05) is 18.2 Å². The average molecular weight is 212 g/mol. The normalized spacial score (nSPS) is 10.8. The van der Waals surface area contributed by atoms with Crippen molar-refractivity contribution in [1.29, 1.82) is 0 Å². The first-order chi connectivity index (χ1) is 7.84. The molecule has 1 aromatic carbocycles. The summed E-state index contributed by atoms with van der Waals surface area (Å²) in [6.07, 6.45) is 4.89. The summed E-state index contributed by atoms with van der Waals surface area (Å²) in [7, 11) is 0. The predicted molar refractivity (Wildman–Crippen MR) is 59.5 cm³/mol. The van der Waals surface area contributed by atoms with Crippen LogP contribution in [0.5, 0.6) is 0 Å². The molecule has 0 aliphatic carbocycles. The summed E-state index contributed by atoms with van der Waals surface area (Å²) in [6.45, 7) is 0. The molecular formula is C11H8N4O. The standard InChI is InChI=1S/C11H8N4O/c16-11-12-4-1-5-15(11)9-2-3-10-8(6-9)7-13-14-10/h1-7H,(H,13,14). The molecule has 0 atom stereocenters. The smallest absolute Gasteiger partial charge is 0.278 e.